The largest absolute Gasteiger partial charge is 0.456 e. The van der Waals surface area contributed by atoms with Gasteiger partial charge in [-0.1, -0.05) is 12.1 Å². The highest BCUT2D eigenvalue weighted by molar-refractivity contribution is 5.80. The number of carbonyl (C=O) groups excluding carboxylic acids is 2. The molecule has 30 heavy (non-hydrogen) atoms. The Labute approximate surface area is 175 Å². The Morgan fingerprint density at radius 1 is 1.03 bits per heavy atom. The molecule has 0 radical (unpaired) electrons. The van der Waals surface area contributed by atoms with Crippen LogP contribution in [0.15, 0.2) is 24.3 Å². The van der Waals surface area contributed by atoms with Crippen molar-refractivity contribution in [3.05, 3.63) is 29.8 Å². The standard InChI is InChI=1S/C23H29F2NO4/c24-22(25)30-19-3-1-15(2-4-19)5-6-26-20(27)14-29-21(28)13-23-10-16-7-17(11-23)9-18(8-16)12-23/h1-4,16-18,22H,5-14H2,(H,26,27). The third-order valence-corrected chi connectivity index (χ3v) is 6.93. The fourth-order valence-corrected chi connectivity index (χ4v) is 6.24. The molecule has 4 aliphatic carbocycles. The van der Waals surface area contributed by atoms with Gasteiger partial charge < -0.3 is 14.8 Å². The molecule has 1 N–H and O–H groups in total. The molecule has 0 aliphatic heterocycles. The molecule has 4 saturated carbocycles. The maximum atomic E-state index is 12.4. The molecule has 1 aromatic rings. The van der Waals surface area contributed by atoms with Gasteiger partial charge in [0.1, 0.15) is 5.75 Å². The number of hydrogen-bond acceptors (Lipinski definition) is 4. The first-order valence-corrected chi connectivity index (χ1v) is 10.9. The normalized spacial score (nSPS) is 29.1. The van der Waals surface area contributed by atoms with Crippen molar-refractivity contribution in [2.75, 3.05) is 13.2 Å². The molecule has 1 aromatic carbocycles. The van der Waals surface area contributed by atoms with Crippen molar-refractivity contribution in [3.8, 4) is 5.75 Å². The van der Waals surface area contributed by atoms with E-state index >= 15 is 0 Å². The molecule has 4 bridgehead atoms. The molecule has 0 heterocycles. The molecule has 164 valence electrons. The lowest BCUT2D eigenvalue weighted by atomic mass is 9.49. The summed E-state index contributed by atoms with van der Waals surface area (Å²) < 4.78 is 33.9. The average molecular weight is 421 g/mol. The van der Waals surface area contributed by atoms with E-state index in [1.807, 2.05) is 0 Å². The molecule has 0 atom stereocenters. The highest BCUT2D eigenvalue weighted by atomic mass is 19.3. The highest BCUT2D eigenvalue weighted by Gasteiger charge is 2.51. The van der Waals surface area contributed by atoms with Crippen LogP contribution in [0, 0.1) is 23.2 Å². The lowest BCUT2D eigenvalue weighted by Crippen LogP contribution is -2.47. The second-order valence-corrected chi connectivity index (χ2v) is 9.38. The van der Waals surface area contributed by atoms with E-state index in [0.29, 0.717) is 19.4 Å². The average Bonchev–Trinajstić information content (AvgIpc) is 2.66. The van der Waals surface area contributed by atoms with E-state index in [1.54, 1.807) is 12.1 Å². The van der Waals surface area contributed by atoms with Gasteiger partial charge in [-0.2, -0.15) is 8.78 Å². The van der Waals surface area contributed by atoms with E-state index in [0.717, 1.165) is 42.6 Å². The van der Waals surface area contributed by atoms with Crippen LogP contribution >= 0.6 is 0 Å². The SMILES string of the molecule is O=C(COC(=O)CC12CC3CC(CC(C3)C1)C2)NCCc1ccc(OC(F)F)cc1. The number of esters is 1. The summed E-state index contributed by atoms with van der Waals surface area (Å²) in [6.07, 6.45) is 8.40. The monoisotopic (exact) mass is 421 g/mol. The van der Waals surface area contributed by atoms with Gasteiger partial charge >= 0.3 is 12.6 Å². The number of benzene rings is 1. The topological polar surface area (TPSA) is 64.6 Å². The molecule has 5 nitrogen and oxygen atoms in total. The summed E-state index contributed by atoms with van der Waals surface area (Å²) in [5.41, 5.74) is 0.999. The third kappa shape index (κ3) is 5.29. The molecule has 0 aromatic heterocycles. The fourth-order valence-electron chi connectivity index (χ4n) is 6.24. The number of alkyl halides is 2. The van der Waals surface area contributed by atoms with E-state index < -0.39 is 6.61 Å². The molecule has 4 fully saturated rings. The van der Waals surface area contributed by atoms with Gasteiger partial charge in [0.25, 0.3) is 5.91 Å². The molecule has 0 spiro atoms. The summed E-state index contributed by atoms with van der Waals surface area (Å²) in [5.74, 6) is 1.85. The summed E-state index contributed by atoms with van der Waals surface area (Å²) in [6.45, 7) is -2.73. The number of carbonyl (C=O) groups is 2. The van der Waals surface area contributed by atoms with Crippen molar-refractivity contribution in [2.45, 2.75) is 58.0 Å². The second-order valence-electron chi connectivity index (χ2n) is 9.38. The Morgan fingerprint density at radius 2 is 1.63 bits per heavy atom. The van der Waals surface area contributed by atoms with Crippen molar-refractivity contribution in [3.63, 3.8) is 0 Å². The van der Waals surface area contributed by atoms with Gasteiger partial charge in [0.2, 0.25) is 0 Å². The van der Waals surface area contributed by atoms with E-state index in [2.05, 4.69) is 10.1 Å². The quantitative estimate of drug-likeness (QED) is 0.610. The van der Waals surface area contributed by atoms with E-state index in [4.69, 9.17) is 4.74 Å². The van der Waals surface area contributed by atoms with E-state index in [9.17, 15) is 18.4 Å². The molecule has 0 unspecified atom stereocenters. The Hall–Kier alpha value is -2.18. The van der Waals surface area contributed by atoms with Gasteiger partial charge in [0, 0.05) is 6.54 Å². The fraction of sp³-hybridized carbons (Fsp3) is 0.652. The minimum absolute atomic E-state index is 0.101. The lowest BCUT2D eigenvalue weighted by molar-refractivity contribution is -0.155. The Bertz CT molecular complexity index is 730. The number of nitrogens with one attached hydrogen (secondary N) is 1. The summed E-state index contributed by atoms with van der Waals surface area (Å²) in [5, 5.41) is 2.73. The van der Waals surface area contributed by atoms with Crippen LogP contribution in [0.5, 0.6) is 5.75 Å². The smallest absolute Gasteiger partial charge is 0.387 e. The lowest BCUT2D eigenvalue weighted by Gasteiger charge is -2.56. The molecule has 4 aliphatic rings. The number of ether oxygens (including phenoxy) is 2. The van der Waals surface area contributed by atoms with Crippen molar-refractivity contribution in [1.82, 2.24) is 5.32 Å². The van der Waals surface area contributed by atoms with Gasteiger partial charge in [0.05, 0.1) is 6.42 Å². The molecular formula is C23H29F2NO4. The predicted octanol–water partition coefficient (Wildman–Crippen LogP) is 4.10. The maximum Gasteiger partial charge on any atom is 0.387 e. The zero-order valence-corrected chi connectivity index (χ0v) is 17.1. The van der Waals surface area contributed by atoms with Crippen LogP contribution in [-0.4, -0.2) is 31.6 Å². The van der Waals surface area contributed by atoms with Crippen LogP contribution in [0.1, 0.15) is 50.5 Å². The predicted molar refractivity (Wildman–Crippen MR) is 106 cm³/mol. The first-order chi connectivity index (χ1) is 14.4. The van der Waals surface area contributed by atoms with Crippen LogP contribution in [-0.2, 0) is 20.7 Å². The van der Waals surface area contributed by atoms with Gasteiger partial charge in [-0.05, 0) is 85.8 Å². The van der Waals surface area contributed by atoms with Gasteiger partial charge in [-0.3, -0.25) is 9.59 Å². The number of hydrogen-bond donors (Lipinski definition) is 1. The number of rotatable bonds is 9. The van der Waals surface area contributed by atoms with Crippen molar-refractivity contribution in [2.24, 2.45) is 23.2 Å². The van der Waals surface area contributed by atoms with Crippen LogP contribution < -0.4 is 10.1 Å². The molecule has 5 rings (SSSR count). The van der Waals surface area contributed by atoms with Gasteiger partial charge in [-0.25, -0.2) is 0 Å². The van der Waals surface area contributed by atoms with Gasteiger partial charge in [0.15, 0.2) is 6.61 Å². The first-order valence-electron chi connectivity index (χ1n) is 10.9. The van der Waals surface area contributed by atoms with Crippen molar-refractivity contribution in [1.29, 1.82) is 0 Å². The zero-order valence-electron chi connectivity index (χ0n) is 17.1. The van der Waals surface area contributed by atoms with Crippen molar-refractivity contribution >= 4 is 11.9 Å². The molecular weight excluding hydrogens is 392 g/mol. The summed E-state index contributed by atoms with van der Waals surface area (Å²) in [7, 11) is 0. The highest BCUT2D eigenvalue weighted by Crippen LogP contribution is 2.61. The molecule has 0 saturated heterocycles. The second kappa shape index (κ2) is 8.90. The van der Waals surface area contributed by atoms with Crippen LogP contribution in [0.25, 0.3) is 0 Å². The van der Waals surface area contributed by atoms with Gasteiger partial charge in [-0.15, -0.1) is 0 Å². The van der Waals surface area contributed by atoms with Crippen LogP contribution in [0.3, 0.4) is 0 Å². The Morgan fingerprint density at radius 3 is 2.20 bits per heavy atom. The summed E-state index contributed by atoms with van der Waals surface area (Å²) in [6, 6.07) is 6.29. The minimum atomic E-state index is -2.85. The zero-order chi connectivity index (χ0) is 21.1. The first kappa shape index (κ1) is 21.1. The maximum absolute atomic E-state index is 12.4. The minimum Gasteiger partial charge on any atom is -0.456 e. The van der Waals surface area contributed by atoms with E-state index in [-0.39, 0.29) is 29.6 Å². The van der Waals surface area contributed by atoms with E-state index in [1.165, 1.54) is 31.4 Å². The number of amides is 1. The molecule has 1 amide bonds. The van der Waals surface area contributed by atoms with Crippen LogP contribution in [0.2, 0.25) is 0 Å². The Balaban J connectivity index is 1.14. The molecule has 7 heteroatoms. The van der Waals surface area contributed by atoms with Crippen LogP contribution in [0.4, 0.5) is 8.78 Å². The summed E-state index contributed by atoms with van der Waals surface area (Å²) in [4.78, 5) is 24.4. The Kier molecular flexibility index (Phi) is 6.25. The summed E-state index contributed by atoms with van der Waals surface area (Å²) >= 11 is 0. The van der Waals surface area contributed by atoms with Crippen molar-refractivity contribution < 1.29 is 27.8 Å². The number of halogens is 2. The third-order valence-electron chi connectivity index (χ3n) is 6.93.